The fraction of sp³-hybridized carbons (Fsp3) is 0.375. The van der Waals surface area contributed by atoms with Gasteiger partial charge < -0.3 is 4.90 Å². The van der Waals surface area contributed by atoms with Gasteiger partial charge in [0.25, 0.3) is 10.0 Å². The molecule has 1 fully saturated rings. The van der Waals surface area contributed by atoms with Gasteiger partial charge in [0.05, 0.1) is 26.2 Å². The van der Waals surface area contributed by atoms with Crippen LogP contribution in [0.3, 0.4) is 0 Å². The Kier molecular flexibility index (Phi) is 4.63. The molecule has 1 aliphatic rings. The van der Waals surface area contributed by atoms with Gasteiger partial charge in [-0.2, -0.15) is 4.31 Å². The third-order valence-corrected chi connectivity index (χ3v) is 7.37. The van der Waals surface area contributed by atoms with Gasteiger partial charge >= 0.3 is 0 Å². The number of benzene rings is 1. The number of aryl methyl sites for hydroxylation is 1. The van der Waals surface area contributed by atoms with Crippen LogP contribution in [0.1, 0.15) is 11.1 Å². The predicted octanol–water partition coefficient (Wildman–Crippen LogP) is 1.15. The molecule has 118 valence electrons. The summed E-state index contributed by atoms with van der Waals surface area (Å²) in [6, 6.07) is 12.1. The lowest BCUT2D eigenvalue weighted by Gasteiger charge is -2.31. The maximum Gasteiger partial charge on any atom is 0.252 e. The molecule has 1 aromatic carbocycles. The Morgan fingerprint density at radius 1 is 1.14 bits per heavy atom. The lowest BCUT2D eigenvalue weighted by Crippen LogP contribution is -3.13. The van der Waals surface area contributed by atoms with Crippen molar-refractivity contribution in [3.8, 4) is 0 Å². The summed E-state index contributed by atoms with van der Waals surface area (Å²) in [7, 11) is -3.28. The fourth-order valence-electron chi connectivity index (χ4n) is 2.75. The smallest absolute Gasteiger partial charge is 0.252 e. The summed E-state index contributed by atoms with van der Waals surface area (Å²) in [5.41, 5.74) is 2.58. The normalized spacial score (nSPS) is 17.7. The van der Waals surface area contributed by atoms with Crippen molar-refractivity contribution in [1.82, 2.24) is 4.31 Å². The van der Waals surface area contributed by atoms with Crippen LogP contribution in [-0.2, 0) is 16.6 Å². The number of quaternary nitrogens is 1. The Morgan fingerprint density at radius 2 is 1.82 bits per heavy atom. The number of hydrogen-bond donors (Lipinski definition) is 1. The van der Waals surface area contributed by atoms with E-state index in [0.29, 0.717) is 17.3 Å². The number of hydrogen-bond acceptors (Lipinski definition) is 3. The highest BCUT2D eigenvalue weighted by atomic mass is 32.2. The predicted molar refractivity (Wildman–Crippen MR) is 88.7 cm³/mol. The first-order valence-corrected chi connectivity index (χ1v) is 9.80. The van der Waals surface area contributed by atoms with E-state index < -0.39 is 10.0 Å². The lowest BCUT2D eigenvalue weighted by molar-refractivity contribution is -0.917. The van der Waals surface area contributed by atoms with Gasteiger partial charge in [-0.05, 0) is 18.4 Å². The number of nitrogens with one attached hydrogen (secondary N) is 1. The molecule has 2 heterocycles. The monoisotopic (exact) mass is 337 g/mol. The van der Waals surface area contributed by atoms with Crippen LogP contribution in [0.2, 0.25) is 0 Å². The first-order chi connectivity index (χ1) is 10.6. The summed E-state index contributed by atoms with van der Waals surface area (Å²) in [4.78, 5) is 1.45. The minimum absolute atomic E-state index is 0.453. The molecule has 0 aliphatic carbocycles. The average molecular weight is 337 g/mol. The van der Waals surface area contributed by atoms with Gasteiger partial charge in [-0.3, -0.25) is 0 Å². The Balaban J connectivity index is 1.60. The maximum absolute atomic E-state index is 12.5. The van der Waals surface area contributed by atoms with Crippen LogP contribution in [0.25, 0.3) is 0 Å². The van der Waals surface area contributed by atoms with Gasteiger partial charge in [-0.1, -0.05) is 35.9 Å². The first kappa shape index (κ1) is 15.7. The Morgan fingerprint density at radius 3 is 2.41 bits per heavy atom. The van der Waals surface area contributed by atoms with Gasteiger partial charge in [-0.25, -0.2) is 8.42 Å². The van der Waals surface area contributed by atoms with Crippen molar-refractivity contribution in [3.05, 3.63) is 52.9 Å². The van der Waals surface area contributed by atoms with E-state index in [2.05, 4.69) is 31.2 Å². The quantitative estimate of drug-likeness (QED) is 0.909. The summed E-state index contributed by atoms with van der Waals surface area (Å²) in [6.45, 7) is 5.97. The lowest BCUT2D eigenvalue weighted by atomic mass is 10.1. The average Bonchev–Trinajstić information content (AvgIpc) is 3.05. The minimum atomic E-state index is -3.28. The van der Waals surface area contributed by atoms with E-state index in [4.69, 9.17) is 0 Å². The molecule has 1 aromatic heterocycles. The summed E-state index contributed by atoms with van der Waals surface area (Å²) >= 11 is 1.29. The van der Waals surface area contributed by atoms with Crippen LogP contribution in [0.5, 0.6) is 0 Å². The van der Waals surface area contributed by atoms with Crippen LogP contribution in [0.15, 0.2) is 46.0 Å². The van der Waals surface area contributed by atoms with E-state index in [-0.39, 0.29) is 0 Å². The molecule has 0 spiro atoms. The van der Waals surface area contributed by atoms with Crippen LogP contribution in [-0.4, -0.2) is 38.9 Å². The zero-order valence-corrected chi connectivity index (χ0v) is 14.3. The van der Waals surface area contributed by atoms with E-state index in [0.717, 1.165) is 19.6 Å². The second-order valence-electron chi connectivity index (χ2n) is 5.75. The largest absolute Gasteiger partial charge is 0.329 e. The first-order valence-electron chi connectivity index (χ1n) is 7.48. The summed E-state index contributed by atoms with van der Waals surface area (Å²) in [5, 5.41) is 1.81. The van der Waals surface area contributed by atoms with Crippen molar-refractivity contribution in [2.75, 3.05) is 26.2 Å². The maximum atomic E-state index is 12.5. The SMILES string of the molecule is Cc1ccc(C[NH+]2CCN(S(=O)(=O)c3cccs3)CC2)cc1. The van der Waals surface area contributed by atoms with Crippen LogP contribution < -0.4 is 4.90 Å². The van der Waals surface area contributed by atoms with E-state index in [1.54, 1.807) is 16.4 Å². The highest BCUT2D eigenvalue weighted by molar-refractivity contribution is 7.91. The Labute approximate surface area is 136 Å². The van der Waals surface area contributed by atoms with Crippen molar-refractivity contribution in [2.24, 2.45) is 0 Å². The molecule has 1 N–H and O–H groups in total. The molecule has 6 heteroatoms. The third-order valence-electron chi connectivity index (χ3n) is 4.09. The zero-order chi connectivity index (χ0) is 15.6. The molecule has 0 unspecified atom stereocenters. The van der Waals surface area contributed by atoms with Crippen LogP contribution in [0.4, 0.5) is 0 Å². The molecule has 22 heavy (non-hydrogen) atoms. The molecule has 4 nitrogen and oxygen atoms in total. The molecule has 1 saturated heterocycles. The standard InChI is InChI=1S/C16H20N2O2S2/c1-14-4-6-15(7-5-14)13-17-8-10-18(11-9-17)22(19,20)16-3-2-12-21-16/h2-7,12H,8-11,13H2,1H3/p+1. The second-order valence-corrected chi connectivity index (χ2v) is 8.86. The van der Waals surface area contributed by atoms with Crippen LogP contribution >= 0.6 is 11.3 Å². The number of nitrogens with zero attached hydrogens (tertiary/aromatic N) is 1. The molecule has 2 aromatic rings. The number of rotatable bonds is 4. The van der Waals surface area contributed by atoms with Crippen molar-refractivity contribution in [2.45, 2.75) is 17.7 Å². The fourth-order valence-corrected chi connectivity index (χ4v) is 5.34. The molecular weight excluding hydrogens is 316 g/mol. The molecular formula is C16H21N2O2S2+. The summed E-state index contributed by atoms with van der Waals surface area (Å²) < 4.78 is 27.0. The van der Waals surface area contributed by atoms with Crippen molar-refractivity contribution < 1.29 is 13.3 Å². The zero-order valence-electron chi connectivity index (χ0n) is 12.7. The molecule has 0 amide bonds. The van der Waals surface area contributed by atoms with Crippen molar-refractivity contribution in [1.29, 1.82) is 0 Å². The van der Waals surface area contributed by atoms with Crippen molar-refractivity contribution >= 4 is 21.4 Å². The van der Waals surface area contributed by atoms with E-state index in [1.807, 2.05) is 5.38 Å². The van der Waals surface area contributed by atoms with Crippen molar-refractivity contribution in [3.63, 3.8) is 0 Å². The molecule has 3 rings (SSSR count). The Hall–Kier alpha value is -1.21. The number of sulfonamides is 1. The summed E-state index contributed by atoms with van der Waals surface area (Å²) in [6.07, 6.45) is 0. The van der Waals surface area contributed by atoms with E-state index in [1.165, 1.54) is 27.4 Å². The Bertz CT molecular complexity index is 701. The van der Waals surface area contributed by atoms with E-state index >= 15 is 0 Å². The number of thiophene rings is 1. The van der Waals surface area contributed by atoms with Gasteiger partial charge in [0.2, 0.25) is 0 Å². The highest BCUT2D eigenvalue weighted by Crippen LogP contribution is 2.20. The molecule has 0 saturated carbocycles. The molecule has 0 radical (unpaired) electrons. The van der Waals surface area contributed by atoms with E-state index in [9.17, 15) is 8.42 Å². The van der Waals surface area contributed by atoms with Gasteiger partial charge in [0.1, 0.15) is 10.8 Å². The molecule has 0 atom stereocenters. The van der Waals surface area contributed by atoms with Crippen LogP contribution in [0, 0.1) is 6.92 Å². The topological polar surface area (TPSA) is 41.8 Å². The van der Waals surface area contributed by atoms with Gasteiger partial charge in [-0.15, -0.1) is 11.3 Å². The number of piperazine rings is 1. The third kappa shape index (κ3) is 3.41. The second kappa shape index (κ2) is 6.50. The summed E-state index contributed by atoms with van der Waals surface area (Å²) in [5.74, 6) is 0. The highest BCUT2D eigenvalue weighted by Gasteiger charge is 2.30. The molecule has 0 bridgehead atoms. The molecule has 1 aliphatic heterocycles. The van der Waals surface area contributed by atoms with Gasteiger partial charge in [0, 0.05) is 5.56 Å². The van der Waals surface area contributed by atoms with Gasteiger partial charge in [0.15, 0.2) is 0 Å². The minimum Gasteiger partial charge on any atom is -0.329 e.